The molecule has 3 aromatic rings. The molecule has 0 saturated heterocycles. The van der Waals surface area contributed by atoms with Crippen molar-refractivity contribution in [2.75, 3.05) is 13.2 Å². The van der Waals surface area contributed by atoms with Gasteiger partial charge in [0.1, 0.15) is 0 Å². The van der Waals surface area contributed by atoms with Gasteiger partial charge in [0.05, 0.1) is 13.2 Å². The molecule has 0 amide bonds. The summed E-state index contributed by atoms with van der Waals surface area (Å²) in [6.45, 7) is 7.69. The maximum Gasteiger partial charge on any atom is 0.330 e. The molecule has 4 nitrogen and oxygen atoms in total. The third-order valence-electron chi connectivity index (χ3n) is 8.65. The first kappa shape index (κ1) is 38.4. The maximum atomic E-state index is 15.3. The zero-order valence-corrected chi connectivity index (χ0v) is 28.5. The van der Waals surface area contributed by atoms with Gasteiger partial charge in [-0.05, 0) is 60.8 Å². The molecule has 0 aliphatic heterocycles. The lowest BCUT2D eigenvalue weighted by Gasteiger charge is -2.11. The molecule has 0 bridgehead atoms. The summed E-state index contributed by atoms with van der Waals surface area (Å²) in [5.74, 6) is -2.36. The Morgan fingerprint density at radius 2 is 0.792 bits per heavy atom. The van der Waals surface area contributed by atoms with E-state index in [4.69, 9.17) is 9.47 Å². The van der Waals surface area contributed by atoms with Gasteiger partial charge in [-0.2, -0.15) is 0 Å². The first-order valence-corrected chi connectivity index (χ1v) is 17.7. The summed E-state index contributed by atoms with van der Waals surface area (Å²) in [6, 6.07) is 18.9. The van der Waals surface area contributed by atoms with Crippen molar-refractivity contribution in [1.29, 1.82) is 0 Å². The Morgan fingerprint density at radius 3 is 1.12 bits per heavy atom. The summed E-state index contributed by atoms with van der Waals surface area (Å²) in [5.41, 5.74) is 4.28. The number of benzene rings is 3. The zero-order valence-electron chi connectivity index (χ0n) is 28.5. The second kappa shape index (κ2) is 22.5. The molecular weight excluding hydrogens is 606 g/mol. The topological polar surface area (TPSA) is 52.6 Å². The molecule has 0 aliphatic carbocycles. The summed E-state index contributed by atoms with van der Waals surface area (Å²) >= 11 is 0. The van der Waals surface area contributed by atoms with Gasteiger partial charge in [-0.15, -0.1) is 0 Å². The Morgan fingerprint density at radius 1 is 0.479 bits per heavy atom. The third kappa shape index (κ3) is 14.0. The van der Waals surface area contributed by atoms with E-state index in [9.17, 15) is 9.59 Å². The van der Waals surface area contributed by atoms with Crippen LogP contribution in [0.5, 0.6) is 0 Å². The number of hydrogen-bond acceptors (Lipinski definition) is 4. The number of aryl methyl sites for hydroxylation is 2. The van der Waals surface area contributed by atoms with Crippen molar-refractivity contribution in [1.82, 2.24) is 0 Å². The molecule has 0 atom stereocenters. The van der Waals surface area contributed by atoms with E-state index in [0.717, 1.165) is 77.0 Å². The van der Waals surface area contributed by atoms with Gasteiger partial charge in [-0.3, -0.25) is 0 Å². The fraction of sp³-hybridized carbons (Fsp3) is 0.429. The summed E-state index contributed by atoms with van der Waals surface area (Å²) in [7, 11) is 0. The summed E-state index contributed by atoms with van der Waals surface area (Å²) < 4.78 is 40.5. The largest absolute Gasteiger partial charge is 0.463 e. The van der Waals surface area contributed by atoms with Crippen LogP contribution in [0.25, 0.3) is 22.3 Å². The van der Waals surface area contributed by atoms with Gasteiger partial charge in [-0.1, -0.05) is 138 Å². The van der Waals surface area contributed by atoms with Crippen LogP contribution < -0.4 is 0 Å². The first-order chi connectivity index (χ1) is 23.4. The number of rotatable bonds is 24. The van der Waals surface area contributed by atoms with Crippen molar-refractivity contribution in [3.05, 3.63) is 109 Å². The van der Waals surface area contributed by atoms with Gasteiger partial charge in [0, 0.05) is 23.3 Å². The van der Waals surface area contributed by atoms with Gasteiger partial charge >= 0.3 is 11.9 Å². The molecule has 3 aromatic carbocycles. The van der Waals surface area contributed by atoms with Crippen LogP contribution in [0.1, 0.15) is 101 Å². The highest BCUT2D eigenvalue weighted by Crippen LogP contribution is 2.32. The summed E-state index contributed by atoms with van der Waals surface area (Å²) in [6.07, 6.45) is 19.6. The molecule has 0 unspecified atom stereocenters. The predicted octanol–water partition coefficient (Wildman–Crippen LogP) is 11.3. The molecule has 258 valence electrons. The van der Waals surface area contributed by atoms with Crippen molar-refractivity contribution < 1.29 is 27.8 Å². The molecule has 0 spiro atoms. The number of hydrogen-bond donors (Lipinski definition) is 0. The second-order valence-corrected chi connectivity index (χ2v) is 12.4. The number of carbonyl (C=O) groups excluding carboxylic acids is 2. The molecule has 0 saturated carbocycles. The highest BCUT2D eigenvalue weighted by molar-refractivity contribution is 5.81. The van der Waals surface area contributed by atoms with Crippen molar-refractivity contribution in [3.63, 3.8) is 0 Å². The van der Waals surface area contributed by atoms with Gasteiger partial charge in [-0.25, -0.2) is 18.4 Å². The lowest BCUT2D eigenvalue weighted by molar-refractivity contribution is -0.138. The second-order valence-electron chi connectivity index (χ2n) is 12.4. The molecule has 3 rings (SSSR count). The smallest absolute Gasteiger partial charge is 0.330 e. The van der Waals surface area contributed by atoms with Crippen molar-refractivity contribution >= 4 is 11.9 Å². The molecule has 0 radical (unpaired) electrons. The van der Waals surface area contributed by atoms with E-state index in [1.807, 2.05) is 48.5 Å². The standard InChI is InChI=1S/C42H52F2O4/c1-3-39(45)47-31-17-13-9-5-7-11-15-19-33-21-25-35(26-22-33)37-29-30-38(42(44)41(37)43)36-27-23-34(24-28-36)20-16-12-8-6-10-14-18-32-48-40(46)4-2/h3-4,21-30H,1-2,5-20,31-32H2. The lowest BCUT2D eigenvalue weighted by Crippen LogP contribution is -2.01. The van der Waals surface area contributed by atoms with E-state index in [2.05, 4.69) is 13.2 Å². The molecule has 0 N–H and O–H groups in total. The summed E-state index contributed by atoms with van der Waals surface area (Å²) in [4.78, 5) is 22.0. The van der Waals surface area contributed by atoms with Crippen molar-refractivity contribution in [3.8, 4) is 22.3 Å². The fourth-order valence-corrected chi connectivity index (χ4v) is 5.79. The molecule has 6 heteroatoms. The minimum atomic E-state index is -0.819. The number of ether oxygens (including phenoxy) is 2. The lowest BCUT2D eigenvalue weighted by atomic mass is 9.96. The molecule has 0 aliphatic rings. The van der Waals surface area contributed by atoms with Gasteiger partial charge in [0.2, 0.25) is 0 Å². The normalized spacial score (nSPS) is 10.9. The average molecular weight is 659 g/mol. The zero-order chi connectivity index (χ0) is 34.4. The quantitative estimate of drug-likeness (QED) is 0.0546. The van der Waals surface area contributed by atoms with Crippen LogP contribution in [0.3, 0.4) is 0 Å². The number of halogens is 2. The van der Waals surface area contributed by atoms with Crippen LogP contribution in [0.2, 0.25) is 0 Å². The monoisotopic (exact) mass is 658 g/mol. The van der Waals surface area contributed by atoms with Gasteiger partial charge in [0.15, 0.2) is 11.6 Å². The minimum absolute atomic E-state index is 0.273. The highest BCUT2D eigenvalue weighted by atomic mass is 19.2. The van der Waals surface area contributed by atoms with Gasteiger partial charge in [0.25, 0.3) is 0 Å². The maximum absolute atomic E-state index is 15.3. The first-order valence-electron chi connectivity index (χ1n) is 17.7. The SMILES string of the molecule is C=CC(=O)OCCCCCCCCCc1ccc(-c2ccc(-c3ccc(CCCCCCCCCOC(=O)C=C)cc3)c(F)c2F)cc1. The van der Waals surface area contributed by atoms with Crippen LogP contribution >= 0.6 is 0 Å². The van der Waals surface area contributed by atoms with E-state index < -0.39 is 11.6 Å². The van der Waals surface area contributed by atoms with E-state index in [1.54, 1.807) is 12.1 Å². The van der Waals surface area contributed by atoms with Crippen LogP contribution in [0.15, 0.2) is 86.0 Å². The van der Waals surface area contributed by atoms with Crippen LogP contribution in [-0.4, -0.2) is 25.2 Å². The Bertz CT molecular complexity index is 1300. The average Bonchev–Trinajstić information content (AvgIpc) is 3.11. The van der Waals surface area contributed by atoms with Crippen molar-refractivity contribution in [2.45, 2.75) is 103 Å². The Hall–Kier alpha value is -4.06. The fourth-order valence-electron chi connectivity index (χ4n) is 5.79. The summed E-state index contributed by atoms with van der Waals surface area (Å²) in [5, 5.41) is 0. The van der Waals surface area contributed by atoms with E-state index >= 15 is 8.78 Å². The number of esters is 2. The van der Waals surface area contributed by atoms with Gasteiger partial charge < -0.3 is 9.47 Å². The molecule has 48 heavy (non-hydrogen) atoms. The van der Waals surface area contributed by atoms with E-state index in [1.165, 1.54) is 49.0 Å². The molecule has 0 aromatic heterocycles. The highest BCUT2D eigenvalue weighted by Gasteiger charge is 2.16. The Balaban J connectivity index is 1.35. The Labute approximate surface area is 286 Å². The third-order valence-corrected chi connectivity index (χ3v) is 8.65. The molecular formula is C42H52F2O4. The Kier molecular flexibility index (Phi) is 18.0. The molecule has 0 fully saturated rings. The van der Waals surface area contributed by atoms with Crippen LogP contribution in [-0.2, 0) is 31.9 Å². The molecule has 0 heterocycles. The van der Waals surface area contributed by atoms with Crippen molar-refractivity contribution in [2.24, 2.45) is 0 Å². The van der Waals surface area contributed by atoms with E-state index in [-0.39, 0.29) is 23.1 Å². The van der Waals surface area contributed by atoms with Crippen LogP contribution in [0.4, 0.5) is 8.78 Å². The number of carbonyl (C=O) groups is 2. The predicted molar refractivity (Wildman–Crippen MR) is 192 cm³/mol. The van der Waals surface area contributed by atoms with Crippen LogP contribution in [0, 0.1) is 11.6 Å². The minimum Gasteiger partial charge on any atom is -0.463 e. The number of unbranched alkanes of at least 4 members (excludes halogenated alkanes) is 12. The van der Waals surface area contributed by atoms with E-state index in [0.29, 0.717) is 24.3 Å².